The van der Waals surface area contributed by atoms with Crippen LogP contribution >= 0.6 is 0 Å². The molecular formula is C24H26N2O4S. The third-order valence-electron chi connectivity index (χ3n) is 4.93. The van der Waals surface area contributed by atoms with Gasteiger partial charge in [0.25, 0.3) is 15.9 Å². The highest BCUT2D eigenvalue weighted by molar-refractivity contribution is 7.92. The first-order valence-corrected chi connectivity index (χ1v) is 11.4. The zero-order valence-corrected chi connectivity index (χ0v) is 18.6. The lowest BCUT2D eigenvalue weighted by atomic mass is 10.2. The normalized spacial score (nSPS) is 11.1. The molecule has 3 aromatic carbocycles. The molecule has 1 amide bonds. The second kappa shape index (κ2) is 9.66. The van der Waals surface area contributed by atoms with Gasteiger partial charge in [0.05, 0.1) is 17.1 Å². The maximum atomic E-state index is 12.7. The highest BCUT2D eigenvalue weighted by Crippen LogP contribution is 2.20. The van der Waals surface area contributed by atoms with Gasteiger partial charge in [-0.05, 0) is 61.4 Å². The van der Waals surface area contributed by atoms with Gasteiger partial charge in [0.2, 0.25) is 0 Å². The molecule has 0 heterocycles. The monoisotopic (exact) mass is 438 g/mol. The molecule has 1 N–H and O–H groups in total. The van der Waals surface area contributed by atoms with E-state index in [4.69, 9.17) is 4.74 Å². The molecule has 3 rings (SSSR count). The minimum atomic E-state index is -3.74. The van der Waals surface area contributed by atoms with E-state index >= 15 is 0 Å². The molecule has 3 aromatic rings. The van der Waals surface area contributed by atoms with Crippen LogP contribution in [0.5, 0.6) is 5.75 Å². The summed E-state index contributed by atoms with van der Waals surface area (Å²) in [5.41, 5.74) is 2.80. The number of benzene rings is 3. The van der Waals surface area contributed by atoms with Crippen LogP contribution in [0.2, 0.25) is 0 Å². The fourth-order valence-electron chi connectivity index (χ4n) is 3.00. The first kappa shape index (κ1) is 22.4. The van der Waals surface area contributed by atoms with Crippen LogP contribution in [0.1, 0.15) is 21.5 Å². The van der Waals surface area contributed by atoms with Gasteiger partial charge in [0.15, 0.2) is 0 Å². The molecule has 0 saturated heterocycles. The Morgan fingerprint density at radius 3 is 2.16 bits per heavy atom. The zero-order valence-electron chi connectivity index (χ0n) is 17.8. The Morgan fingerprint density at radius 2 is 1.52 bits per heavy atom. The van der Waals surface area contributed by atoms with Gasteiger partial charge in [0.1, 0.15) is 12.4 Å². The van der Waals surface area contributed by atoms with Crippen LogP contribution < -0.4 is 9.46 Å². The van der Waals surface area contributed by atoms with Gasteiger partial charge >= 0.3 is 0 Å². The van der Waals surface area contributed by atoms with Crippen molar-refractivity contribution >= 4 is 21.6 Å². The lowest BCUT2D eigenvalue weighted by Gasteiger charge is -2.18. The first-order chi connectivity index (χ1) is 14.8. The van der Waals surface area contributed by atoms with Gasteiger partial charge in [-0.1, -0.05) is 36.4 Å². The molecule has 0 radical (unpaired) electrons. The molecule has 0 aliphatic heterocycles. The fourth-order valence-corrected chi connectivity index (χ4v) is 4.13. The fraction of sp³-hybridized carbons (Fsp3) is 0.208. The van der Waals surface area contributed by atoms with Crippen LogP contribution in [0.15, 0.2) is 77.7 Å². The second-order valence-electron chi connectivity index (χ2n) is 7.29. The minimum absolute atomic E-state index is 0.0952. The standard InChI is InChI=1S/C24H26N2O4S/c1-18-8-4-6-10-22(18)25-31(28,29)21-14-12-20(13-15-21)24(27)26(3)16-17-30-23-11-7-5-9-19(23)2/h4-15,25H,16-17H2,1-3H3. The summed E-state index contributed by atoms with van der Waals surface area (Å²) >= 11 is 0. The summed E-state index contributed by atoms with van der Waals surface area (Å²) in [7, 11) is -2.05. The maximum absolute atomic E-state index is 12.7. The van der Waals surface area contributed by atoms with Crippen molar-refractivity contribution < 1.29 is 17.9 Å². The van der Waals surface area contributed by atoms with Gasteiger partial charge < -0.3 is 9.64 Å². The van der Waals surface area contributed by atoms with Gasteiger partial charge in [-0.2, -0.15) is 0 Å². The molecule has 162 valence electrons. The number of rotatable bonds is 8. The van der Waals surface area contributed by atoms with Crippen molar-refractivity contribution in [1.82, 2.24) is 4.90 Å². The summed E-state index contributed by atoms with van der Waals surface area (Å²) in [6, 6.07) is 20.8. The summed E-state index contributed by atoms with van der Waals surface area (Å²) in [4.78, 5) is 14.3. The number of likely N-dealkylation sites (N-methyl/N-ethyl adjacent to an activating group) is 1. The van der Waals surface area contributed by atoms with E-state index in [1.54, 1.807) is 24.1 Å². The number of aryl methyl sites for hydroxylation is 2. The van der Waals surface area contributed by atoms with Crippen molar-refractivity contribution in [2.24, 2.45) is 0 Å². The van der Waals surface area contributed by atoms with Gasteiger partial charge in [-0.15, -0.1) is 0 Å². The first-order valence-electron chi connectivity index (χ1n) is 9.90. The number of para-hydroxylation sites is 2. The quantitative estimate of drug-likeness (QED) is 0.570. The number of carbonyl (C=O) groups is 1. The van der Waals surface area contributed by atoms with E-state index in [2.05, 4.69) is 4.72 Å². The SMILES string of the molecule is Cc1ccccc1NS(=O)(=O)c1ccc(C(=O)N(C)CCOc2ccccc2C)cc1. The van der Waals surface area contributed by atoms with Gasteiger partial charge in [-0.25, -0.2) is 8.42 Å². The minimum Gasteiger partial charge on any atom is -0.491 e. The summed E-state index contributed by atoms with van der Waals surface area (Å²) in [5.74, 6) is 0.586. The lowest BCUT2D eigenvalue weighted by Crippen LogP contribution is -2.31. The third-order valence-corrected chi connectivity index (χ3v) is 6.31. The highest BCUT2D eigenvalue weighted by atomic mass is 32.2. The Hall–Kier alpha value is -3.32. The number of anilines is 1. The number of ether oxygens (including phenoxy) is 1. The summed E-state index contributed by atoms with van der Waals surface area (Å²) < 4.78 is 33.6. The smallest absolute Gasteiger partial charge is 0.261 e. The molecule has 0 aromatic heterocycles. The van der Waals surface area contributed by atoms with Crippen molar-refractivity contribution in [2.45, 2.75) is 18.7 Å². The number of sulfonamides is 1. The van der Waals surface area contributed by atoms with E-state index in [1.807, 2.05) is 50.2 Å². The average molecular weight is 439 g/mol. The molecule has 0 aliphatic rings. The van der Waals surface area contributed by atoms with Crippen molar-refractivity contribution in [3.05, 3.63) is 89.5 Å². The van der Waals surface area contributed by atoms with Crippen LogP contribution in [-0.2, 0) is 10.0 Å². The van der Waals surface area contributed by atoms with E-state index < -0.39 is 10.0 Å². The van der Waals surface area contributed by atoms with Crippen molar-refractivity contribution in [2.75, 3.05) is 24.9 Å². The number of hydrogen-bond acceptors (Lipinski definition) is 4. The molecule has 6 nitrogen and oxygen atoms in total. The number of nitrogens with one attached hydrogen (secondary N) is 1. The number of nitrogens with zero attached hydrogens (tertiary/aromatic N) is 1. The highest BCUT2D eigenvalue weighted by Gasteiger charge is 2.17. The molecule has 0 spiro atoms. The van der Waals surface area contributed by atoms with E-state index in [0.717, 1.165) is 16.9 Å². The molecule has 0 saturated carbocycles. The van der Waals surface area contributed by atoms with E-state index in [-0.39, 0.29) is 10.8 Å². The molecule has 0 unspecified atom stereocenters. The molecule has 0 fully saturated rings. The molecule has 7 heteroatoms. The summed E-state index contributed by atoms with van der Waals surface area (Å²) in [5, 5.41) is 0. The number of carbonyl (C=O) groups excluding carboxylic acids is 1. The van der Waals surface area contributed by atoms with Crippen molar-refractivity contribution in [1.29, 1.82) is 0 Å². The summed E-state index contributed by atoms with van der Waals surface area (Å²) in [6.45, 7) is 4.56. The van der Waals surface area contributed by atoms with Gasteiger partial charge in [0, 0.05) is 12.6 Å². The molecule has 0 aliphatic carbocycles. The van der Waals surface area contributed by atoms with E-state index in [9.17, 15) is 13.2 Å². The molecule has 0 atom stereocenters. The number of amides is 1. The summed E-state index contributed by atoms with van der Waals surface area (Å²) in [6.07, 6.45) is 0. The lowest BCUT2D eigenvalue weighted by molar-refractivity contribution is 0.0773. The Bertz CT molecular complexity index is 1160. The Labute approximate surface area is 183 Å². The Morgan fingerprint density at radius 1 is 0.903 bits per heavy atom. The largest absolute Gasteiger partial charge is 0.491 e. The maximum Gasteiger partial charge on any atom is 0.261 e. The molecule has 31 heavy (non-hydrogen) atoms. The van der Waals surface area contributed by atoms with Crippen LogP contribution in [0, 0.1) is 13.8 Å². The Kier molecular flexibility index (Phi) is 6.97. The average Bonchev–Trinajstić information content (AvgIpc) is 2.76. The van der Waals surface area contributed by atoms with Crippen LogP contribution in [0.3, 0.4) is 0 Å². The van der Waals surface area contributed by atoms with Crippen molar-refractivity contribution in [3.63, 3.8) is 0 Å². The molecular weight excluding hydrogens is 412 g/mol. The second-order valence-corrected chi connectivity index (χ2v) is 8.97. The van der Waals surface area contributed by atoms with Gasteiger partial charge in [-0.3, -0.25) is 9.52 Å². The topological polar surface area (TPSA) is 75.7 Å². The third kappa shape index (κ3) is 5.64. The van der Waals surface area contributed by atoms with E-state index in [0.29, 0.717) is 24.4 Å². The predicted octanol–water partition coefficient (Wildman–Crippen LogP) is 4.26. The van der Waals surface area contributed by atoms with Crippen LogP contribution in [0.25, 0.3) is 0 Å². The van der Waals surface area contributed by atoms with Crippen molar-refractivity contribution in [3.8, 4) is 5.75 Å². The molecule has 0 bridgehead atoms. The predicted molar refractivity (Wildman–Crippen MR) is 122 cm³/mol. The van der Waals surface area contributed by atoms with Crippen LogP contribution in [0.4, 0.5) is 5.69 Å². The Balaban J connectivity index is 1.61. The van der Waals surface area contributed by atoms with E-state index in [1.165, 1.54) is 24.3 Å². The van der Waals surface area contributed by atoms with Crippen LogP contribution in [-0.4, -0.2) is 39.4 Å². The zero-order chi connectivity index (χ0) is 22.4. The number of hydrogen-bond donors (Lipinski definition) is 1.